The van der Waals surface area contributed by atoms with E-state index in [9.17, 15) is 13.2 Å². The molecule has 1 aromatic heterocycles. The first-order chi connectivity index (χ1) is 12.3. The molecule has 3 aromatic rings. The lowest BCUT2D eigenvalue weighted by molar-refractivity contribution is 0.102. The van der Waals surface area contributed by atoms with E-state index in [1.807, 2.05) is 36.4 Å². The number of carbonyl (C=O) groups is 1. The quantitative estimate of drug-likeness (QED) is 0.645. The van der Waals surface area contributed by atoms with Crippen LogP contribution in [0.2, 0.25) is 5.02 Å². The first kappa shape index (κ1) is 18.4. The normalized spacial score (nSPS) is 11.2. The standard InChI is InChI=1S/C18H15ClN2O3S2/c1-26(23,24)21-16-9-14(19)8-15(10-16)20-18(22)13-7-17(25-11-13)12-5-3-2-4-6-12/h2-11,21H,1H3,(H,20,22). The van der Waals surface area contributed by atoms with Gasteiger partial charge in [-0.25, -0.2) is 8.42 Å². The summed E-state index contributed by atoms with van der Waals surface area (Å²) in [5.41, 5.74) is 2.25. The summed E-state index contributed by atoms with van der Waals surface area (Å²) >= 11 is 7.49. The van der Waals surface area contributed by atoms with E-state index in [4.69, 9.17) is 11.6 Å². The van der Waals surface area contributed by atoms with E-state index < -0.39 is 10.0 Å². The van der Waals surface area contributed by atoms with Gasteiger partial charge < -0.3 is 5.32 Å². The van der Waals surface area contributed by atoms with Crippen LogP contribution in [0.15, 0.2) is 60.0 Å². The largest absolute Gasteiger partial charge is 0.322 e. The van der Waals surface area contributed by atoms with Gasteiger partial charge in [0.05, 0.1) is 17.5 Å². The average molecular weight is 407 g/mol. The van der Waals surface area contributed by atoms with Gasteiger partial charge >= 0.3 is 0 Å². The Morgan fingerprint density at radius 3 is 2.42 bits per heavy atom. The second-order valence-corrected chi connectivity index (χ2v) is 8.72. The Labute approximate surface area is 160 Å². The summed E-state index contributed by atoms with van der Waals surface area (Å²) < 4.78 is 25.1. The second kappa shape index (κ2) is 7.49. The van der Waals surface area contributed by atoms with Crippen LogP contribution in [-0.4, -0.2) is 20.6 Å². The predicted octanol–water partition coefficient (Wildman–Crippen LogP) is 4.69. The number of carbonyl (C=O) groups excluding carboxylic acids is 1. The number of anilines is 2. The van der Waals surface area contributed by atoms with Gasteiger partial charge in [-0.2, -0.15) is 0 Å². The smallest absolute Gasteiger partial charge is 0.256 e. The molecule has 0 spiro atoms. The predicted molar refractivity (Wildman–Crippen MR) is 108 cm³/mol. The third kappa shape index (κ3) is 4.85. The van der Waals surface area contributed by atoms with E-state index in [2.05, 4.69) is 10.0 Å². The summed E-state index contributed by atoms with van der Waals surface area (Å²) in [5, 5.41) is 4.82. The maximum atomic E-state index is 12.5. The summed E-state index contributed by atoms with van der Waals surface area (Å²) in [5.74, 6) is -0.295. The van der Waals surface area contributed by atoms with Crippen LogP contribution in [0.1, 0.15) is 10.4 Å². The molecule has 26 heavy (non-hydrogen) atoms. The van der Waals surface area contributed by atoms with Crippen molar-refractivity contribution in [3.63, 3.8) is 0 Å². The highest BCUT2D eigenvalue weighted by atomic mass is 35.5. The number of hydrogen-bond donors (Lipinski definition) is 2. The molecule has 8 heteroatoms. The molecule has 1 amide bonds. The lowest BCUT2D eigenvalue weighted by atomic mass is 10.1. The highest BCUT2D eigenvalue weighted by molar-refractivity contribution is 7.92. The number of hydrogen-bond acceptors (Lipinski definition) is 4. The zero-order valence-corrected chi connectivity index (χ0v) is 16.1. The summed E-state index contributed by atoms with van der Waals surface area (Å²) in [7, 11) is -3.44. The van der Waals surface area contributed by atoms with Crippen LogP contribution >= 0.6 is 22.9 Å². The molecule has 0 unspecified atom stereocenters. The molecule has 0 aliphatic carbocycles. The molecule has 134 valence electrons. The molecule has 0 aliphatic rings. The van der Waals surface area contributed by atoms with Crippen molar-refractivity contribution < 1.29 is 13.2 Å². The SMILES string of the molecule is CS(=O)(=O)Nc1cc(Cl)cc(NC(=O)c2csc(-c3ccccc3)c2)c1. The van der Waals surface area contributed by atoms with Crippen molar-refractivity contribution in [2.24, 2.45) is 0 Å². The Morgan fingerprint density at radius 1 is 1.04 bits per heavy atom. The summed E-state index contributed by atoms with van der Waals surface area (Å²) in [6.45, 7) is 0. The van der Waals surface area contributed by atoms with Gasteiger partial charge in [-0.1, -0.05) is 41.9 Å². The molecule has 1 heterocycles. The fraction of sp³-hybridized carbons (Fsp3) is 0.0556. The molecule has 0 fully saturated rings. The summed E-state index contributed by atoms with van der Waals surface area (Å²) in [6, 6.07) is 16.1. The van der Waals surface area contributed by atoms with Gasteiger partial charge in [0, 0.05) is 21.0 Å². The lowest BCUT2D eigenvalue weighted by Crippen LogP contribution is -2.12. The van der Waals surface area contributed by atoms with Crippen molar-refractivity contribution in [2.45, 2.75) is 0 Å². The summed E-state index contributed by atoms with van der Waals surface area (Å²) in [4.78, 5) is 13.5. The Bertz CT molecular complexity index is 1050. The number of nitrogens with one attached hydrogen (secondary N) is 2. The van der Waals surface area contributed by atoms with Crippen LogP contribution in [0.3, 0.4) is 0 Å². The monoisotopic (exact) mass is 406 g/mol. The van der Waals surface area contributed by atoms with Crippen LogP contribution < -0.4 is 10.0 Å². The fourth-order valence-electron chi connectivity index (χ4n) is 2.35. The van der Waals surface area contributed by atoms with Crippen LogP contribution in [0.4, 0.5) is 11.4 Å². The van der Waals surface area contributed by atoms with Gasteiger partial charge in [0.2, 0.25) is 10.0 Å². The fourth-order valence-corrected chi connectivity index (χ4v) is 4.02. The average Bonchev–Trinajstić information content (AvgIpc) is 3.03. The number of thiophene rings is 1. The van der Waals surface area contributed by atoms with Crippen LogP contribution in [-0.2, 0) is 10.0 Å². The maximum absolute atomic E-state index is 12.5. The highest BCUT2D eigenvalue weighted by Crippen LogP contribution is 2.28. The van der Waals surface area contributed by atoms with E-state index in [1.165, 1.54) is 23.5 Å². The zero-order chi connectivity index (χ0) is 18.7. The number of benzene rings is 2. The van der Waals surface area contributed by atoms with E-state index in [1.54, 1.807) is 11.4 Å². The molecule has 0 saturated heterocycles. The van der Waals surface area contributed by atoms with Crippen molar-refractivity contribution in [3.05, 3.63) is 70.6 Å². The molecule has 2 aromatic carbocycles. The summed E-state index contributed by atoms with van der Waals surface area (Å²) in [6.07, 6.45) is 1.04. The van der Waals surface area contributed by atoms with Crippen LogP contribution in [0, 0.1) is 0 Å². The van der Waals surface area contributed by atoms with Crippen molar-refractivity contribution in [2.75, 3.05) is 16.3 Å². The van der Waals surface area contributed by atoms with Crippen molar-refractivity contribution in [1.29, 1.82) is 0 Å². The van der Waals surface area contributed by atoms with Crippen LogP contribution in [0.5, 0.6) is 0 Å². The minimum Gasteiger partial charge on any atom is -0.322 e. The molecule has 0 radical (unpaired) electrons. The first-order valence-corrected chi connectivity index (χ1v) is 10.7. The molecular formula is C18H15ClN2O3S2. The first-order valence-electron chi connectivity index (χ1n) is 7.54. The van der Waals surface area contributed by atoms with E-state index in [0.717, 1.165) is 16.7 Å². The number of sulfonamides is 1. The zero-order valence-electron chi connectivity index (χ0n) is 13.7. The molecule has 3 rings (SSSR count). The molecule has 0 saturated carbocycles. The molecule has 2 N–H and O–H groups in total. The third-order valence-corrected chi connectivity index (χ3v) is 5.18. The molecule has 0 atom stereocenters. The van der Waals surface area contributed by atoms with Crippen molar-refractivity contribution in [3.8, 4) is 10.4 Å². The number of rotatable bonds is 5. The molecular weight excluding hydrogens is 392 g/mol. The second-order valence-electron chi connectivity index (χ2n) is 5.62. The Hall–Kier alpha value is -2.35. The van der Waals surface area contributed by atoms with Gasteiger partial charge in [-0.3, -0.25) is 9.52 Å². The number of amides is 1. The van der Waals surface area contributed by atoms with Gasteiger partial charge in [0.15, 0.2) is 0 Å². The highest BCUT2D eigenvalue weighted by Gasteiger charge is 2.12. The van der Waals surface area contributed by atoms with Gasteiger partial charge in [-0.15, -0.1) is 11.3 Å². The maximum Gasteiger partial charge on any atom is 0.256 e. The Balaban J connectivity index is 1.79. The van der Waals surface area contributed by atoms with Crippen molar-refractivity contribution >= 4 is 50.2 Å². The number of halogens is 1. The lowest BCUT2D eigenvalue weighted by Gasteiger charge is -2.09. The van der Waals surface area contributed by atoms with E-state index in [0.29, 0.717) is 16.3 Å². The van der Waals surface area contributed by atoms with Crippen LogP contribution in [0.25, 0.3) is 10.4 Å². The molecule has 5 nitrogen and oxygen atoms in total. The van der Waals surface area contributed by atoms with Gasteiger partial charge in [-0.05, 0) is 29.8 Å². The Morgan fingerprint density at radius 2 is 1.73 bits per heavy atom. The minimum absolute atomic E-state index is 0.283. The molecule has 0 bridgehead atoms. The van der Waals surface area contributed by atoms with E-state index in [-0.39, 0.29) is 11.6 Å². The Kier molecular flexibility index (Phi) is 5.31. The van der Waals surface area contributed by atoms with Gasteiger partial charge in [0.25, 0.3) is 5.91 Å². The van der Waals surface area contributed by atoms with Gasteiger partial charge in [0.1, 0.15) is 0 Å². The molecule has 0 aliphatic heterocycles. The topological polar surface area (TPSA) is 75.3 Å². The van der Waals surface area contributed by atoms with Crippen molar-refractivity contribution in [1.82, 2.24) is 0 Å². The minimum atomic E-state index is -3.44. The third-order valence-electron chi connectivity index (χ3n) is 3.38. The van der Waals surface area contributed by atoms with E-state index >= 15 is 0 Å².